The monoisotopic (exact) mass is 428 g/mol. The van der Waals surface area contributed by atoms with Gasteiger partial charge in [0.05, 0.1) is 29.5 Å². The normalized spacial score (nSPS) is 11.6. The van der Waals surface area contributed by atoms with Crippen molar-refractivity contribution in [1.82, 2.24) is 9.78 Å². The summed E-state index contributed by atoms with van der Waals surface area (Å²) >= 11 is 0. The minimum atomic E-state index is -3.87. The maximum atomic E-state index is 13.3. The molecule has 158 valence electrons. The first kappa shape index (κ1) is 21.6. The SMILES string of the molecule is COc1cc(CC(=O)O)cc(S(=O)(=O)c2cccc(-c3cnn(CC(C)C)c3)c2)c1. The van der Waals surface area contributed by atoms with Crippen molar-refractivity contribution in [2.24, 2.45) is 5.92 Å². The lowest BCUT2D eigenvalue weighted by atomic mass is 10.1. The molecule has 0 fully saturated rings. The number of aromatic nitrogens is 2. The number of sulfone groups is 1. The van der Waals surface area contributed by atoms with Crippen molar-refractivity contribution in [3.05, 3.63) is 60.4 Å². The Morgan fingerprint density at radius 1 is 1.13 bits per heavy atom. The number of carboxylic acids is 1. The number of methoxy groups -OCH3 is 1. The molecule has 0 aliphatic rings. The van der Waals surface area contributed by atoms with E-state index in [1.807, 2.05) is 16.9 Å². The minimum Gasteiger partial charge on any atom is -0.497 e. The molecule has 7 nitrogen and oxygen atoms in total. The van der Waals surface area contributed by atoms with Gasteiger partial charge in [-0.25, -0.2) is 8.42 Å². The largest absolute Gasteiger partial charge is 0.497 e. The van der Waals surface area contributed by atoms with Crippen LogP contribution in [-0.2, 0) is 27.6 Å². The Balaban J connectivity index is 2.00. The highest BCUT2D eigenvalue weighted by Gasteiger charge is 2.21. The number of aliphatic carboxylic acids is 1. The summed E-state index contributed by atoms with van der Waals surface area (Å²) in [6.07, 6.45) is 3.31. The number of hydrogen-bond donors (Lipinski definition) is 1. The van der Waals surface area contributed by atoms with E-state index in [1.165, 1.54) is 31.4 Å². The van der Waals surface area contributed by atoms with Gasteiger partial charge in [0, 0.05) is 18.3 Å². The Bertz CT molecular complexity index is 1170. The van der Waals surface area contributed by atoms with E-state index in [9.17, 15) is 13.2 Å². The molecule has 2 aromatic carbocycles. The van der Waals surface area contributed by atoms with Gasteiger partial charge in [-0.15, -0.1) is 0 Å². The number of carboxylic acid groups (broad SMARTS) is 1. The highest BCUT2D eigenvalue weighted by Crippen LogP contribution is 2.29. The van der Waals surface area contributed by atoms with Crippen LogP contribution in [0.3, 0.4) is 0 Å². The van der Waals surface area contributed by atoms with Crippen molar-refractivity contribution < 1.29 is 23.1 Å². The first-order valence-electron chi connectivity index (χ1n) is 9.47. The number of carbonyl (C=O) groups is 1. The van der Waals surface area contributed by atoms with Gasteiger partial charge in [-0.05, 0) is 47.4 Å². The summed E-state index contributed by atoms with van der Waals surface area (Å²) < 4.78 is 33.5. The Morgan fingerprint density at radius 2 is 1.90 bits per heavy atom. The Kier molecular flexibility index (Phi) is 6.26. The molecule has 3 rings (SSSR count). The molecule has 1 aromatic heterocycles. The summed E-state index contributed by atoms with van der Waals surface area (Å²) in [5, 5.41) is 13.4. The van der Waals surface area contributed by atoms with Crippen LogP contribution >= 0.6 is 0 Å². The van der Waals surface area contributed by atoms with Crippen LogP contribution in [-0.4, -0.2) is 36.4 Å². The molecule has 0 aliphatic heterocycles. The first-order valence-corrected chi connectivity index (χ1v) is 10.9. The standard InChI is InChI=1S/C22H24N2O5S/c1-15(2)13-24-14-18(12-23-24)17-5-4-6-20(10-17)30(27,28)21-8-16(9-22(25)26)7-19(11-21)29-3/h4-8,10-12,14-15H,9,13H2,1-3H3,(H,25,26). The molecule has 30 heavy (non-hydrogen) atoms. The predicted octanol–water partition coefficient (Wildman–Crippen LogP) is 3.67. The number of rotatable bonds is 8. The maximum absolute atomic E-state index is 13.3. The van der Waals surface area contributed by atoms with Crippen molar-refractivity contribution in [3.8, 4) is 16.9 Å². The van der Waals surface area contributed by atoms with Gasteiger partial charge in [0.2, 0.25) is 9.84 Å². The topological polar surface area (TPSA) is 98.5 Å². The predicted molar refractivity (Wildman–Crippen MR) is 112 cm³/mol. The second kappa shape index (κ2) is 8.71. The molecule has 3 aromatic rings. The van der Waals surface area contributed by atoms with Crippen LogP contribution in [0, 0.1) is 5.92 Å². The fraction of sp³-hybridized carbons (Fsp3) is 0.273. The van der Waals surface area contributed by atoms with Crippen LogP contribution < -0.4 is 4.74 Å². The molecule has 0 bridgehead atoms. The lowest BCUT2D eigenvalue weighted by Gasteiger charge is -2.10. The molecule has 0 saturated carbocycles. The summed E-state index contributed by atoms with van der Waals surface area (Å²) in [6, 6.07) is 10.9. The van der Waals surface area contributed by atoms with E-state index in [4.69, 9.17) is 9.84 Å². The smallest absolute Gasteiger partial charge is 0.307 e. The molecule has 0 amide bonds. The highest BCUT2D eigenvalue weighted by atomic mass is 32.2. The number of hydrogen-bond acceptors (Lipinski definition) is 5. The van der Waals surface area contributed by atoms with Crippen molar-refractivity contribution >= 4 is 15.8 Å². The average molecular weight is 429 g/mol. The maximum Gasteiger partial charge on any atom is 0.307 e. The second-order valence-corrected chi connectivity index (χ2v) is 9.41. The van der Waals surface area contributed by atoms with Gasteiger partial charge in [-0.3, -0.25) is 9.48 Å². The molecule has 1 N–H and O–H groups in total. The number of ether oxygens (including phenoxy) is 1. The number of nitrogens with zero attached hydrogens (tertiary/aromatic N) is 2. The summed E-state index contributed by atoms with van der Waals surface area (Å²) in [4.78, 5) is 11.2. The van der Waals surface area contributed by atoms with E-state index in [-0.39, 0.29) is 16.2 Å². The van der Waals surface area contributed by atoms with E-state index in [1.54, 1.807) is 18.3 Å². The van der Waals surface area contributed by atoms with Crippen LogP contribution in [0.1, 0.15) is 19.4 Å². The van der Waals surface area contributed by atoms with Crippen LogP contribution in [0.25, 0.3) is 11.1 Å². The second-order valence-electron chi connectivity index (χ2n) is 7.46. The van der Waals surface area contributed by atoms with E-state index in [0.29, 0.717) is 17.2 Å². The lowest BCUT2D eigenvalue weighted by molar-refractivity contribution is -0.136. The molecule has 0 atom stereocenters. The summed E-state index contributed by atoms with van der Waals surface area (Å²) in [6.45, 7) is 4.97. The van der Waals surface area contributed by atoms with Gasteiger partial charge >= 0.3 is 5.97 Å². The van der Waals surface area contributed by atoms with Gasteiger partial charge in [0.15, 0.2) is 0 Å². The van der Waals surface area contributed by atoms with Gasteiger partial charge in [0.25, 0.3) is 0 Å². The third-order valence-electron chi connectivity index (χ3n) is 4.50. The van der Waals surface area contributed by atoms with Crippen LogP contribution in [0.5, 0.6) is 5.75 Å². The molecule has 0 unspecified atom stereocenters. The molecule has 0 radical (unpaired) electrons. The molecule has 8 heteroatoms. The van der Waals surface area contributed by atoms with Gasteiger partial charge in [-0.2, -0.15) is 5.10 Å². The third-order valence-corrected chi connectivity index (χ3v) is 6.24. The number of benzene rings is 2. The summed E-state index contributed by atoms with van der Waals surface area (Å²) in [5.41, 5.74) is 1.91. The molecule has 0 spiro atoms. The zero-order valence-corrected chi connectivity index (χ0v) is 17.9. The quantitative estimate of drug-likeness (QED) is 0.588. The van der Waals surface area contributed by atoms with Crippen molar-refractivity contribution in [2.75, 3.05) is 7.11 Å². The fourth-order valence-corrected chi connectivity index (χ4v) is 4.54. The zero-order chi connectivity index (χ0) is 21.9. The summed E-state index contributed by atoms with van der Waals surface area (Å²) in [7, 11) is -2.46. The molecule has 0 saturated heterocycles. The van der Waals surface area contributed by atoms with Crippen molar-refractivity contribution in [1.29, 1.82) is 0 Å². The fourth-order valence-electron chi connectivity index (χ4n) is 3.15. The average Bonchev–Trinajstić information content (AvgIpc) is 3.15. The van der Waals surface area contributed by atoms with E-state index in [0.717, 1.165) is 17.7 Å². The Morgan fingerprint density at radius 3 is 2.57 bits per heavy atom. The molecule has 0 aliphatic carbocycles. The van der Waals surface area contributed by atoms with Gasteiger partial charge in [-0.1, -0.05) is 26.0 Å². The third kappa shape index (κ3) is 4.88. The van der Waals surface area contributed by atoms with Crippen LogP contribution in [0.15, 0.2) is 64.6 Å². The molecular weight excluding hydrogens is 404 g/mol. The lowest BCUT2D eigenvalue weighted by Crippen LogP contribution is -2.06. The molecule has 1 heterocycles. The Hall–Kier alpha value is -3.13. The van der Waals surface area contributed by atoms with E-state index >= 15 is 0 Å². The minimum absolute atomic E-state index is 0.00856. The van der Waals surface area contributed by atoms with Gasteiger partial charge < -0.3 is 9.84 Å². The highest BCUT2D eigenvalue weighted by molar-refractivity contribution is 7.91. The van der Waals surface area contributed by atoms with E-state index < -0.39 is 15.8 Å². The van der Waals surface area contributed by atoms with Gasteiger partial charge in [0.1, 0.15) is 5.75 Å². The van der Waals surface area contributed by atoms with Crippen molar-refractivity contribution in [3.63, 3.8) is 0 Å². The van der Waals surface area contributed by atoms with Crippen LogP contribution in [0.2, 0.25) is 0 Å². The zero-order valence-electron chi connectivity index (χ0n) is 17.1. The van der Waals surface area contributed by atoms with E-state index in [2.05, 4.69) is 18.9 Å². The molecular formula is C22H24N2O5S. The van der Waals surface area contributed by atoms with Crippen molar-refractivity contribution in [2.45, 2.75) is 36.6 Å². The Labute approximate surface area is 175 Å². The summed E-state index contributed by atoms with van der Waals surface area (Å²) in [5.74, 6) is -0.317. The van der Waals surface area contributed by atoms with Crippen LogP contribution in [0.4, 0.5) is 0 Å². The first-order chi connectivity index (χ1) is 14.2.